The highest BCUT2D eigenvalue weighted by Gasteiger charge is 2.39. The van der Waals surface area contributed by atoms with Gasteiger partial charge in [0, 0.05) is 23.7 Å². The van der Waals surface area contributed by atoms with Crippen LogP contribution >= 0.6 is 11.3 Å². The molecule has 0 unspecified atom stereocenters. The number of carbonyl (C=O) groups is 2. The first-order valence-corrected chi connectivity index (χ1v) is 10.9. The van der Waals surface area contributed by atoms with Crippen molar-refractivity contribution in [2.24, 2.45) is 0 Å². The van der Waals surface area contributed by atoms with Crippen LogP contribution in [0.4, 0.5) is 5.69 Å². The molecule has 1 aliphatic heterocycles. The number of benzene rings is 1. The Morgan fingerprint density at radius 1 is 1.03 bits per heavy atom. The summed E-state index contributed by atoms with van der Waals surface area (Å²) in [5.74, 6) is -0.0950. The van der Waals surface area contributed by atoms with Gasteiger partial charge in [-0.2, -0.15) is 0 Å². The maximum absolute atomic E-state index is 13.1. The fourth-order valence-electron chi connectivity index (χ4n) is 3.18. The molecule has 1 aliphatic rings. The summed E-state index contributed by atoms with van der Waals surface area (Å²) in [5, 5.41) is 5.12. The smallest absolute Gasteiger partial charge is 0.278 e. The molecule has 2 heterocycles. The van der Waals surface area contributed by atoms with Gasteiger partial charge in [-0.3, -0.25) is 14.5 Å². The number of rotatable bonds is 9. The Balaban J connectivity index is 1.82. The van der Waals surface area contributed by atoms with Gasteiger partial charge in [0.2, 0.25) is 0 Å². The van der Waals surface area contributed by atoms with E-state index in [4.69, 9.17) is 4.74 Å². The predicted octanol–water partition coefficient (Wildman–Crippen LogP) is 4.88. The van der Waals surface area contributed by atoms with E-state index < -0.39 is 0 Å². The van der Waals surface area contributed by atoms with Crippen LogP contribution in [0.25, 0.3) is 5.57 Å². The summed E-state index contributed by atoms with van der Waals surface area (Å²) in [6, 6.07) is 11.7. The third kappa shape index (κ3) is 4.95. The summed E-state index contributed by atoms with van der Waals surface area (Å²) in [4.78, 5) is 28.3. The maximum atomic E-state index is 13.1. The van der Waals surface area contributed by atoms with Gasteiger partial charge in [0.1, 0.15) is 5.70 Å². The van der Waals surface area contributed by atoms with Crippen LogP contribution in [0.5, 0.6) is 0 Å². The zero-order chi connectivity index (χ0) is 21.0. The first-order valence-electron chi connectivity index (χ1n) is 10.0. The zero-order valence-electron chi connectivity index (χ0n) is 17.4. The summed E-state index contributed by atoms with van der Waals surface area (Å²) in [6.45, 7) is 9.07. The molecule has 0 fully saturated rings. The van der Waals surface area contributed by atoms with Crippen LogP contribution in [-0.4, -0.2) is 36.0 Å². The Morgan fingerprint density at radius 3 is 2.34 bits per heavy atom. The van der Waals surface area contributed by atoms with Gasteiger partial charge in [0.05, 0.1) is 11.7 Å². The van der Waals surface area contributed by atoms with Crippen LogP contribution in [0.3, 0.4) is 0 Å². The minimum absolute atomic E-state index is 0.130. The second-order valence-corrected chi connectivity index (χ2v) is 8.61. The summed E-state index contributed by atoms with van der Waals surface area (Å²) >= 11 is 1.46. The Labute approximate surface area is 176 Å². The summed E-state index contributed by atoms with van der Waals surface area (Å²) in [7, 11) is 0. The molecule has 0 atom stereocenters. The second-order valence-electron chi connectivity index (χ2n) is 7.66. The van der Waals surface area contributed by atoms with E-state index in [-0.39, 0.29) is 17.9 Å². The van der Waals surface area contributed by atoms with Crippen LogP contribution in [0.2, 0.25) is 0 Å². The summed E-state index contributed by atoms with van der Waals surface area (Å²) < 4.78 is 5.55. The number of amides is 2. The van der Waals surface area contributed by atoms with Crippen LogP contribution in [0.1, 0.15) is 50.5 Å². The Kier molecular flexibility index (Phi) is 6.87. The van der Waals surface area contributed by atoms with Gasteiger partial charge in [-0.1, -0.05) is 32.0 Å². The molecule has 0 saturated carbocycles. The standard InChI is InChI=1S/C23H28N2O3S/c1-15(2)17-8-10-18(11-9-17)24-21-20(19-7-5-14-29-19)22(26)25(23(21)27)12-6-13-28-16(3)4/h5,7-11,14-16,24H,6,12-13H2,1-4H3. The van der Waals surface area contributed by atoms with Crippen LogP contribution in [0, 0.1) is 0 Å². The minimum Gasteiger partial charge on any atom is -0.379 e. The highest BCUT2D eigenvalue weighted by atomic mass is 32.1. The van der Waals surface area contributed by atoms with Crippen molar-refractivity contribution in [3.8, 4) is 0 Å². The molecule has 0 bridgehead atoms. The third-order valence-corrected chi connectivity index (χ3v) is 5.65. The Bertz CT molecular complexity index is 883. The molecule has 1 aromatic heterocycles. The first kappa shape index (κ1) is 21.3. The van der Waals surface area contributed by atoms with Crippen molar-refractivity contribution < 1.29 is 14.3 Å². The Hall–Kier alpha value is -2.44. The zero-order valence-corrected chi connectivity index (χ0v) is 18.2. The van der Waals surface area contributed by atoms with E-state index in [0.29, 0.717) is 36.8 Å². The number of hydrogen-bond acceptors (Lipinski definition) is 5. The van der Waals surface area contributed by atoms with Crippen LogP contribution < -0.4 is 5.32 Å². The molecule has 0 aliphatic carbocycles. The maximum Gasteiger partial charge on any atom is 0.278 e. The van der Waals surface area contributed by atoms with E-state index >= 15 is 0 Å². The fourth-order valence-corrected chi connectivity index (χ4v) is 3.95. The molecule has 2 aromatic rings. The molecule has 1 aromatic carbocycles. The number of thiophene rings is 1. The molecule has 29 heavy (non-hydrogen) atoms. The molecular weight excluding hydrogens is 384 g/mol. The largest absolute Gasteiger partial charge is 0.379 e. The van der Waals surface area contributed by atoms with E-state index in [1.165, 1.54) is 21.8 Å². The first-order chi connectivity index (χ1) is 13.9. The van der Waals surface area contributed by atoms with E-state index in [9.17, 15) is 9.59 Å². The third-order valence-electron chi connectivity index (χ3n) is 4.76. The summed E-state index contributed by atoms with van der Waals surface area (Å²) in [6.07, 6.45) is 0.745. The van der Waals surface area contributed by atoms with Crippen LogP contribution in [-0.2, 0) is 14.3 Å². The molecule has 5 nitrogen and oxygen atoms in total. The van der Waals surface area contributed by atoms with E-state index in [0.717, 1.165) is 10.6 Å². The van der Waals surface area contributed by atoms with Gasteiger partial charge < -0.3 is 10.1 Å². The van der Waals surface area contributed by atoms with Crippen molar-refractivity contribution in [2.75, 3.05) is 18.5 Å². The molecule has 1 N–H and O–H groups in total. The monoisotopic (exact) mass is 412 g/mol. The van der Waals surface area contributed by atoms with Crippen molar-refractivity contribution in [1.82, 2.24) is 4.90 Å². The highest BCUT2D eigenvalue weighted by Crippen LogP contribution is 2.33. The molecule has 0 spiro atoms. The number of anilines is 1. The second kappa shape index (κ2) is 9.37. The van der Waals surface area contributed by atoms with Gasteiger partial charge >= 0.3 is 0 Å². The SMILES string of the molecule is CC(C)OCCCN1C(=O)C(Nc2ccc(C(C)C)cc2)=C(c2cccs2)C1=O. The molecule has 0 radical (unpaired) electrons. The molecular formula is C23H28N2O3S. The lowest BCUT2D eigenvalue weighted by Crippen LogP contribution is -2.34. The average Bonchev–Trinajstić information content (AvgIpc) is 3.28. The molecule has 154 valence electrons. The minimum atomic E-state index is -0.282. The fraction of sp³-hybridized carbons (Fsp3) is 0.391. The number of nitrogens with one attached hydrogen (secondary N) is 1. The number of nitrogens with zero attached hydrogens (tertiary/aromatic N) is 1. The Morgan fingerprint density at radius 2 is 1.76 bits per heavy atom. The average molecular weight is 413 g/mol. The lowest BCUT2D eigenvalue weighted by Gasteiger charge is -2.16. The quantitative estimate of drug-likeness (QED) is 0.471. The van der Waals surface area contributed by atoms with Crippen molar-refractivity contribution in [3.05, 3.63) is 57.9 Å². The topological polar surface area (TPSA) is 58.6 Å². The van der Waals surface area contributed by atoms with Gasteiger partial charge in [0.25, 0.3) is 11.8 Å². The normalized spacial score (nSPS) is 14.6. The van der Waals surface area contributed by atoms with Crippen molar-refractivity contribution in [3.63, 3.8) is 0 Å². The van der Waals surface area contributed by atoms with Gasteiger partial charge in [-0.05, 0) is 55.3 Å². The number of hydrogen-bond donors (Lipinski definition) is 1. The van der Waals surface area contributed by atoms with Crippen molar-refractivity contribution >= 4 is 34.4 Å². The van der Waals surface area contributed by atoms with E-state index in [1.54, 1.807) is 0 Å². The van der Waals surface area contributed by atoms with Crippen LogP contribution in [0.15, 0.2) is 47.5 Å². The molecule has 2 amide bonds. The number of carbonyl (C=O) groups excluding carboxylic acids is 2. The predicted molar refractivity (Wildman–Crippen MR) is 118 cm³/mol. The number of ether oxygens (including phenoxy) is 1. The van der Waals surface area contributed by atoms with E-state index in [2.05, 4.69) is 19.2 Å². The van der Waals surface area contributed by atoms with Crippen molar-refractivity contribution in [2.45, 2.75) is 46.1 Å². The van der Waals surface area contributed by atoms with Gasteiger partial charge in [0.15, 0.2) is 0 Å². The lowest BCUT2D eigenvalue weighted by atomic mass is 10.0. The molecule has 0 saturated heterocycles. The van der Waals surface area contributed by atoms with Gasteiger partial charge in [-0.15, -0.1) is 11.3 Å². The number of imide groups is 1. The summed E-state index contributed by atoms with van der Waals surface area (Å²) in [5.41, 5.74) is 2.82. The van der Waals surface area contributed by atoms with Gasteiger partial charge in [-0.25, -0.2) is 0 Å². The molecule has 3 rings (SSSR count). The van der Waals surface area contributed by atoms with Crippen molar-refractivity contribution in [1.29, 1.82) is 0 Å². The highest BCUT2D eigenvalue weighted by molar-refractivity contribution is 7.11. The molecule has 6 heteroatoms. The van der Waals surface area contributed by atoms with E-state index in [1.807, 2.05) is 55.6 Å². The lowest BCUT2D eigenvalue weighted by molar-refractivity contribution is -0.137.